The summed E-state index contributed by atoms with van der Waals surface area (Å²) in [7, 11) is 0. The molecule has 112 valence electrons. The summed E-state index contributed by atoms with van der Waals surface area (Å²) < 4.78 is 10.6. The third kappa shape index (κ3) is 3.61. The minimum atomic E-state index is -0.220. The molecule has 0 aliphatic rings. The van der Waals surface area contributed by atoms with E-state index >= 15 is 0 Å². The summed E-state index contributed by atoms with van der Waals surface area (Å²) in [5, 5.41) is 1.06. The second-order valence-electron chi connectivity index (χ2n) is 4.43. The molecule has 0 aliphatic heterocycles. The fraction of sp³-hybridized carbons (Fsp3) is 0.312. The van der Waals surface area contributed by atoms with Crippen LogP contribution in [0.3, 0.4) is 0 Å². The second-order valence-corrected chi connectivity index (χ2v) is 5.24. The molecule has 4 nitrogen and oxygen atoms in total. The van der Waals surface area contributed by atoms with Crippen LogP contribution in [0.25, 0.3) is 10.9 Å². The van der Waals surface area contributed by atoms with Gasteiger partial charge in [-0.1, -0.05) is 12.7 Å². The number of aromatic nitrogens is 1. The Balaban J connectivity index is 2.34. The zero-order valence-corrected chi connectivity index (χ0v) is 13.1. The lowest BCUT2D eigenvalue weighted by Crippen LogP contribution is -2.08. The standard InChI is InChI=1S/C16H19NO3S/c1-4-8-20-11-6-7-13-12(9-11)16(21-3)14(17-13)10-15(18)19-5-2/h4,6-7,9,17H,1,5,8,10H2,2-3H3. The van der Waals surface area contributed by atoms with Crippen LogP contribution in [-0.2, 0) is 16.0 Å². The van der Waals surface area contributed by atoms with Crippen LogP contribution in [-0.4, -0.2) is 30.4 Å². The molecule has 0 atom stereocenters. The molecular formula is C16H19NO3S. The van der Waals surface area contributed by atoms with Crippen LogP contribution in [0, 0.1) is 0 Å². The monoisotopic (exact) mass is 305 g/mol. The zero-order chi connectivity index (χ0) is 15.2. The number of rotatable bonds is 7. The van der Waals surface area contributed by atoms with Gasteiger partial charge in [-0.05, 0) is 31.4 Å². The van der Waals surface area contributed by atoms with Gasteiger partial charge < -0.3 is 14.5 Å². The first-order valence-corrected chi connectivity index (χ1v) is 8.00. The van der Waals surface area contributed by atoms with Gasteiger partial charge in [-0.25, -0.2) is 0 Å². The van der Waals surface area contributed by atoms with Gasteiger partial charge in [-0.15, -0.1) is 11.8 Å². The van der Waals surface area contributed by atoms with E-state index in [2.05, 4.69) is 11.6 Å². The lowest BCUT2D eigenvalue weighted by atomic mass is 10.2. The van der Waals surface area contributed by atoms with Crippen LogP contribution in [0.4, 0.5) is 0 Å². The molecule has 0 saturated carbocycles. The van der Waals surface area contributed by atoms with Crippen LogP contribution in [0.2, 0.25) is 0 Å². The average Bonchev–Trinajstić information content (AvgIpc) is 2.81. The lowest BCUT2D eigenvalue weighted by molar-refractivity contribution is -0.142. The van der Waals surface area contributed by atoms with Gasteiger partial charge in [0.25, 0.3) is 0 Å². The summed E-state index contributed by atoms with van der Waals surface area (Å²) in [6, 6.07) is 5.85. The lowest BCUT2D eigenvalue weighted by Gasteiger charge is -2.04. The zero-order valence-electron chi connectivity index (χ0n) is 12.3. The fourth-order valence-corrected chi connectivity index (χ4v) is 2.92. The highest BCUT2D eigenvalue weighted by atomic mass is 32.2. The van der Waals surface area contributed by atoms with Crippen molar-refractivity contribution in [2.75, 3.05) is 19.5 Å². The van der Waals surface area contributed by atoms with E-state index in [1.165, 1.54) is 0 Å². The molecule has 1 heterocycles. The van der Waals surface area contributed by atoms with Crippen molar-refractivity contribution in [2.45, 2.75) is 18.2 Å². The van der Waals surface area contributed by atoms with Gasteiger partial charge in [-0.2, -0.15) is 0 Å². The highest BCUT2D eigenvalue weighted by molar-refractivity contribution is 7.98. The van der Waals surface area contributed by atoms with E-state index in [9.17, 15) is 4.79 Å². The van der Waals surface area contributed by atoms with E-state index in [4.69, 9.17) is 9.47 Å². The van der Waals surface area contributed by atoms with Crippen molar-refractivity contribution >= 4 is 28.6 Å². The number of hydrogen-bond donors (Lipinski definition) is 1. The number of carbonyl (C=O) groups excluding carboxylic acids is 1. The highest BCUT2D eigenvalue weighted by Crippen LogP contribution is 2.33. The number of hydrogen-bond acceptors (Lipinski definition) is 4. The van der Waals surface area contributed by atoms with Crippen molar-refractivity contribution in [3.05, 3.63) is 36.5 Å². The Bertz CT molecular complexity index is 648. The van der Waals surface area contributed by atoms with Crippen molar-refractivity contribution in [3.8, 4) is 5.75 Å². The summed E-state index contributed by atoms with van der Waals surface area (Å²) in [5.41, 5.74) is 1.88. The van der Waals surface area contributed by atoms with E-state index in [1.807, 2.05) is 31.4 Å². The molecule has 0 saturated heterocycles. The minimum absolute atomic E-state index is 0.220. The molecule has 0 amide bonds. The van der Waals surface area contributed by atoms with E-state index in [0.29, 0.717) is 13.2 Å². The maximum Gasteiger partial charge on any atom is 0.311 e. The second kappa shape index (κ2) is 7.22. The van der Waals surface area contributed by atoms with Gasteiger partial charge in [0.05, 0.1) is 13.0 Å². The number of ether oxygens (including phenoxy) is 2. The van der Waals surface area contributed by atoms with E-state index in [-0.39, 0.29) is 12.4 Å². The Morgan fingerprint density at radius 1 is 1.48 bits per heavy atom. The average molecular weight is 305 g/mol. The molecule has 0 aliphatic carbocycles. The van der Waals surface area contributed by atoms with Crippen molar-refractivity contribution in [1.29, 1.82) is 0 Å². The number of benzene rings is 1. The van der Waals surface area contributed by atoms with E-state index in [1.54, 1.807) is 17.8 Å². The summed E-state index contributed by atoms with van der Waals surface area (Å²) in [4.78, 5) is 16.0. The summed E-state index contributed by atoms with van der Waals surface area (Å²) in [5.74, 6) is 0.571. The predicted octanol–water partition coefficient (Wildman–Crippen LogP) is 3.56. The van der Waals surface area contributed by atoms with Gasteiger partial charge in [-0.3, -0.25) is 4.79 Å². The first kappa shape index (κ1) is 15.5. The Morgan fingerprint density at radius 2 is 2.29 bits per heavy atom. The van der Waals surface area contributed by atoms with Gasteiger partial charge in [0.2, 0.25) is 0 Å². The van der Waals surface area contributed by atoms with E-state index < -0.39 is 0 Å². The fourth-order valence-electron chi connectivity index (χ4n) is 2.16. The quantitative estimate of drug-likeness (QED) is 0.483. The molecule has 1 aromatic heterocycles. The number of H-pyrrole nitrogens is 1. The van der Waals surface area contributed by atoms with Crippen LogP contribution >= 0.6 is 11.8 Å². The molecular weight excluding hydrogens is 286 g/mol. The first-order valence-electron chi connectivity index (χ1n) is 6.77. The third-order valence-electron chi connectivity index (χ3n) is 2.99. The van der Waals surface area contributed by atoms with Gasteiger partial charge >= 0.3 is 5.97 Å². The molecule has 0 bridgehead atoms. The van der Waals surface area contributed by atoms with Crippen molar-refractivity contribution < 1.29 is 14.3 Å². The normalized spacial score (nSPS) is 10.6. The van der Waals surface area contributed by atoms with Crippen molar-refractivity contribution in [1.82, 2.24) is 4.98 Å². The van der Waals surface area contributed by atoms with Gasteiger partial charge in [0, 0.05) is 21.5 Å². The number of nitrogens with one attached hydrogen (secondary N) is 1. The topological polar surface area (TPSA) is 51.3 Å². The van der Waals surface area contributed by atoms with Crippen LogP contribution in [0.15, 0.2) is 35.7 Å². The summed E-state index contributed by atoms with van der Waals surface area (Å²) >= 11 is 1.61. The summed E-state index contributed by atoms with van der Waals surface area (Å²) in [6.45, 7) is 6.32. The SMILES string of the molecule is C=CCOc1ccc2[nH]c(CC(=O)OCC)c(SC)c2c1. The first-order chi connectivity index (χ1) is 10.2. The van der Waals surface area contributed by atoms with Crippen LogP contribution < -0.4 is 4.74 Å². The highest BCUT2D eigenvalue weighted by Gasteiger charge is 2.15. The maximum absolute atomic E-state index is 11.7. The smallest absolute Gasteiger partial charge is 0.311 e. The Morgan fingerprint density at radius 3 is 2.95 bits per heavy atom. The predicted molar refractivity (Wildman–Crippen MR) is 86.1 cm³/mol. The molecule has 2 rings (SSSR count). The molecule has 0 fully saturated rings. The number of fused-ring (bicyclic) bond motifs is 1. The molecule has 0 radical (unpaired) electrons. The maximum atomic E-state index is 11.7. The number of carbonyl (C=O) groups is 1. The Hall–Kier alpha value is -1.88. The van der Waals surface area contributed by atoms with Gasteiger partial charge in [0.1, 0.15) is 12.4 Å². The third-order valence-corrected chi connectivity index (χ3v) is 3.87. The summed E-state index contributed by atoms with van der Waals surface area (Å²) in [6.07, 6.45) is 3.96. The molecule has 21 heavy (non-hydrogen) atoms. The molecule has 2 aromatic rings. The number of aromatic amines is 1. The van der Waals surface area contributed by atoms with E-state index in [0.717, 1.165) is 27.2 Å². The van der Waals surface area contributed by atoms with Crippen molar-refractivity contribution in [3.63, 3.8) is 0 Å². The Labute approximate surface area is 128 Å². The number of thioether (sulfide) groups is 1. The molecule has 0 unspecified atom stereocenters. The van der Waals surface area contributed by atoms with Crippen molar-refractivity contribution in [2.24, 2.45) is 0 Å². The van der Waals surface area contributed by atoms with Crippen LogP contribution in [0.1, 0.15) is 12.6 Å². The molecule has 0 spiro atoms. The Kier molecular flexibility index (Phi) is 5.33. The number of esters is 1. The molecule has 5 heteroatoms. The van der Waals surface area contributed by atoms with Crippen LogP contribution in [0.5, 0.6) is 5.75 Å². The molecule has 1 aromatic carbocycles. The van der Waals surface area contributed by atoms with Gasteiger partial charge in [0.15, 0.2) is 0 Å². The largest absolute Gasteiger partial charge is 0.490 e. The molecule has 1 N–H and O–H groups in total. The minimum Gasteiger partial charge on any atom is -0.490 e.